The van der Waals surface area contributed by atoms with E-state index in [1.54, 1.807) is 4.90 Å². The Morgan fingerprint density at radius 3 is 2.33 bits per heavy atom. The SMILES string of the molecule is CC(C)(C)N1CC2CCC(C1)N2c1ccc2c(c1)CN([C@H]1CCC(=O)NC1=O)C2=O. The average Bonchev–Trinajstić information content (AvgIpc) is 3.13. The predicted molar refractivity (Wildman–Crippen MR) is 113 cm³/mol. The molecule has 160 valence electrons. The van der Waals surface area contributed by atoms with E-state index >= 15 is 0 Å². The summed E-state index contributed by atoms with van der Waals surface area (Å²) >= 11 is 0. The maximum atomic E-state index is 12.9. The Bertz CT molecular complexity index is 908. The van der Waals surface area contributed by atoms with E-state index in [0.29, 0.717) is 30.6 Å². The molecule has 1 aromatic rings. The molecule has 3 atom stereocenters. The number of hydrogen-bond acceptors (Lipinski definition) is 5. The van der Waals surface area contributed by atoms with Gasteiger partial charge < -0.3 is 9.80 Å². The summed E-state index contributed by atoms with van der Waals surface area (Å²) in [5.41, 5.74) is 3.04. The van der Waals surface area contributed by atoms with Gasteiger partial charge in [-0.25, -0.2) is 0 Å². The van der Waals surface area contributed by atoms with Gasteiger partial charge in [-0.2, -0.15) is 0 Å². The molecule has 0 radical (unpaired) electrons. The molecule has 0 saturated carbocycles. The minimum absolute atomic E-state index is 0.105. The van der Waals surface area contributed by atoms with Crippen LogP contribution in [0.1, 0.15) is 62.4 Å². The molecule has 0 aliphatic carbocycles. The van der Waals surface area contributed by atoms with Crippen LogP contribution in [0, 0.1) is 0 Å². The number of amides is 3. The number of nitrogens with zero attached hydrogens (tertiary/aromatic N) is 3. The number of piperidine rings is 1. The first-order chi connectivity index (χ1) is 14.2. The summed E-state index contributed by atoms with van der Waals surface area (Å²) in [5, 5.41) is 2.37. The number of fused-ring (bicyclic) bond motifs is 3. The fourth-order valence-electron chi connectivity index (χ4n) is 5.59. The van der Waals surface area contributed by atoms with E-state index in [9.17, 15) is 14.4 Å². The largest absolute Gasteiger partial charge is 0.363 e. The maximum Gasteiger partial charge on any atom is 0.255 e. The lowest BCUT2D eigenvalue weighted by Crippen LogP contribution is -2.58. The third kappa shape index (κ3) is 3.11. The van der Waals surface area contributed by atoms with Crippen LogP contribution in [0.3, 0.4) is 0 Å². The Balaban J connectivity index is 1.37. The summed E-state index contributed by atoms with van der Waals surface area (Å²) in [7, 11) is 0. The van der Waals surface area contributed by atoms with Gasteiger partial charge >= 0.3 is 0 Å². The van der Waals surface area contributed by atoms with E-state index in [2.05, 4.69) is 48.0 Å². The highest BCUT2D eigenvalue weighted by Gasteiger charge is 2.44. The van der Waals surface area contributed by atoms with Crippen LogP contribution in [0.4, 0.5) is 5.69 Å². The third-order valence-corrected chi connectivity index (χ3v) is 7.24. The van der Waals surface area contributed by atoms with Gasteiger partial charge in [0.15, 0.2) is 0 Å². The summed E-state index contributed by atoms with van der Waals surface area (Å²) in [6, 6.07) is 6.60. The summed E-state index contributed by atoms with van der Waals surface area (Å²) in [6.07, 6.45) is 3.09. The van der Waals surface area contributed by atoms with Crippen molar-refractivity contribution in [2.24, 2.45) is 0 Å². The van der Waals surface area contributed by atoms with Gasteiger partial charge in [-0.3, -0.25) is 24.6 Å². The summed E-state index contributed by atoms with van der Waals surface area (Å²) < 4.78 is 0. The molecule has 4 heterocycles. The zero-order valence-electron chi connectivity index (χ0n) is 18.0. The monoisotopic (exact) mass is 410 g/mol. The van der Waals surface area contributed by atoms with Crippen molar-refractivity contribution in [2.45, 2.75) is 76.7 Å². The van der Waals surface area contributed by atoms with Gasteiger partial charge in [0, 0.05) is 54.9 Å². The molecule has 0 spiro atoms. The van der Waals surface area contributed by atoms with E-state index in [0.717, 1.165) is 18.7 Å². The second kappa shape index (κ2) is 6.80. The van der Waals surface area contributed by atoms with Crippen molar-refractivity contribution in [1.29, 1.82) is 0 Å². The Kier molecular flexibility index (Phi) is 4.43. The molecule has 4 aliphatic rings. The van der Waals surface area contributed by atoms with Crippen LogP contribution >= 0.6 is 0 Å². The molecule has 5 rings (SSSR count). The topological polar surface area (TPSA) is 73.0 Å². The highest BCUT2D eigenvalue weighted by molar-refractivity contribution is 6.05. The highest BCUT2D eigenvalue weighted by atomic mass is 16.2. The van der Waals surface area contributed by atoms with Gasteiger partial charge in [-0.15, -0.1) is 0 Å². The first-order valence-electron chi connectivity index (χ1n) is 11.0. The minimum atomic E-state index is -0.558. The lowest BCUT2D eigenvalue weighted by Gasteiger charge is -2.47. The number of carbonyl (C=O) groups is 3. The van der Waals surface area contributed by atoms with E-state index in [1.165, 1.54) is 18.5 Å². The van der Waals surface area contributed by atoms with E-state index < -0.39 is 6.04 Å². The van der Waals surface area contributed by atoms with Gasteiger partial charge in [-0.05, 0) is 63.8 Å². The van der Waals surface area contributed by atoms with E-state index in [-0.39, 0.29) is 29.7 Å². The quantitative estimate of drug-likeness (QED) is 0.754. The summed E-state index contributed by atoms with van der Waals surface area (Å²) in [5.74, 6) is -0.719. The maximum absolute atomic E-state index is 12.9. The van der Waals surface area contributed by atoms with Crippen molar-refractivity contribution >= 4 is 23.4 Å². The molecule has 2 unspecified atom stereocenters. The molecule has 1 N–H and O–H groups in total. The van der Waals surface area contributed by atoms with E-state index in [4.69, 9.17) is 0 Å². The molecule has 1 aromatic carbocycles. The first-order valence-corrected chi connectivity index (χ1v) is 11.0. The number of likely N-dealkylation sites (tertiary alicyclic amines) is 1. The van der Waals surface area contributed by atoms with Gasteiger partial charge in [0.05, 0.1) is 0 Å². The van der Waals surface area contributed by atoms with Crippen molar-refractivity contribution in [1.82, 2.24) is 15.1 Å². The van der Waals surface area contributed by atoms with Gasteiger partial charge in [0.25, 0.3) is 5.91 Å². The number of hydrogen-bond donors (Lipinski definition) is 1. The van der Waals surface area contributed by atoms with Crippen LogP contribution in [0.25, 0.3) is 0 Å². The number of rotatable bonds is 2. The van der Waals surface area contributed by atoms with Crippen LogP contribution in [-0.2, 0) is 16.1 Å². The van der Waals surface area contributed by atoms with Gasteiger partial charge in [-0.1, -0.05) is 0 Å². The second-order valence-electron chi connectivity index (χ2n) is 10.1. The molecule has 0 aromatic heterocycles. The third-order valence-electron chi connectivity index (χ3n) is 7.24. The van der Waals surface area contributed by atoms with Crippen LogP contribution in [0.2, 0.25) is 0 Å². The summed E-state index contributed by atoms with van der Waals surface area (Å²) in [4.78, 5) is 43.5. The predicted octanol–water partition coefficient (Wildman–Crippen LogP) is 1.90. The molecule has 3 amide bonds. The molecular weight excluding hydrogens is 380 g/mol. The normalized spacial score (nSPS) is 29.4. The Hall–Kier alpha value is -2.41. The van der Waals surface area contributed by atoms with Crippen molar-refractivity contribution < 1.29 is 14.4 Å². The van der Waals surface area contributed by atoms with Crippen LogP contribution in [0.15, 0.2) is 18.2 Å². The number of benzene rings is 1. The van der Waals surface area contributed by atoms with Crippen molar-refractivity contribution in [3.05, 3.63) is 29.3 Å². The van der Waals surface area contributed by atoms with Gasteiger partial charge in [0.1, 0.15) is 6.04 Å². The van der Waals surface area contributed by atoms with E-state index in [1.807, 2.05) is 6.07 Å². The van der Waals surface area contributed by atoms with Crippen LogP contribution < -0.4 is 10.2 Å². The standard InChI is InChI=1S/C23H30N4O3/c1-23(2,3)25-12-16-4-5-17(13-25)27(16)15-6-7-18-14(10-15)11-26(22(18)30)19-8-9-20(28)24-21(19)29/h6-7,10,16-17,19H,4-5,8-9,11-13H2,1-3H3,(H,24,28,29)/t16?,17?,19-/m0/s1. The zero-order valence-corrected chi connectivity index (χ0v) is 18.0. The average molecular weight is 411 g/mol. The molecule has 7 nitrogen and oxygen atoms in total. The van der Waals surface area contributed by atoms with Crippen molar-refractivity contribution in [3.63, 3.8) is 0 Å². The molecule has 2 bridgehead atoms. The van der Waals surface area contributed by atoms with Crippen LogP contribution in [0.5, 0.6) is 0 Å². The lowest BCUT2D eigenvalue weighted by atomic mass is 10.0. The number of nitrogens with one attached hydrogen (secondary N) is 1. The molecule has 7 heteroatoms. The number of carbonyl (C=O) groups excluding carboxylic acids is 3. The van der Waals surface area contributed by atoms with Crippen molar-refractivity contribution in [2.75, 3.05) is 18.0 Å². The molecule has 30 heavy (non-hydrogen) atoms. The Morgan fingerprint density at radius 1 is 1.00 bits per heavy atom. The fraction of sp³-hybridized carbons (Fsp3) is 0.609. The zero-order chi connectivity index (χ0) is 21.2. The summed E-state index contributed by atoms with van der Waals surface area (Å²) in [6.45, 7) is 9.43. The van der Waals surface area contributed by atoms with Crippen LogP contribution in [-0.4, -0.2) is 64.3 Å². The minimum Gasteiger partial charge on any atom is -0.363 e. The Labute approximate surface area is 177 Å². The first kappa shape index (κ1) is 19.5. The molecule has 3 saturated heterocycles. The molecule has 3 fully saturated rings. The second-order valence-corrected chi connectivity index (χ2v) is 10.1. The lowest BCUT2D eigenvalue weighted by molar-refractivity contribution is -0.136. The number of anilines is 1. The Morgan fingerprint density at radius 2 is 1.70 bits per heavy atom. The molecule has 4 aliphatic heterocycles. The van der Waals surface area contributed by atoms with Gasteiger partial charge in [0.2, 0.25) is 11.8 Å². The number of piperazine rings is 1. The van der Waals surface area contributed by atoms with Crippen molar-refractivity contribution in [3.8, 4) is 0 Å². The smallest absolute Gasteiger partial charge is 0.255 e. The fourth-order valence-corrected chi connectivity index (χ4v) is 5.59. The molecular formula is C23H30N4O3. The highest BCUT2D eigenvalue weighted by Crippen LogP contribution is 2.39. The number of imide groups is 1.